The van der Waals surface area contributed by atoms with Gasteiger partial charge in [-0.1, -0.05) is 25.5 Å². The van der Waals surface area contributed by atoms with Gasteiger partial charge in [0.15, 0.2) is 0 Å². The van der Waals surface area contributed by atoms with E-state index in [2.05, 4.69) is 44.2 Å². The second-order valence-corrected chi connectivity index (χ2v) is 10.9. The quantitative estimate of drug-likeness (QED) is 0.707. The van der Waals surface area contributed by atoms with Crippen LogP contribution >= 0.6 is 0 Å². The second kappa shape index (κ2) is 5.35. The van der Waals surface area contributed by atoms with Gasteiger partial charge in [-0.2, -0.15) is 0 Å². The number of nitrogens with zero attached hydrogens (tertiary/aromatic N) is 1. The zero-order valence-electron chi connectivity index (χ0n) is 16.9. The predicted octanol–water partition coefficient (Wildman–Crippen LogP) is 4.47. The first-order valence-electron chi connectivity index (χ1n) is 11.0. The van der Waals surface area contributed by atoms with Crippen molar-refractivity contribution in [2.75, 3.05) is 27.2 Å². The maximum atomic E-state index is 3.56. The van der Waals surface area contributed by atoms with E-state index in [0.29, 0.717) is 16.2 Å². The number of allylic oxidation sites excluding steroid dienone is 1. The van der Waals surface area contributed by atoms with E-state index in [1.807, 2.05) is 5.57 Å². The van der Waals surface area contributed by atoms with Crippen LogP contribution in [0.1, 0.15) is 65.2 Å². The molecule has 0 aromatic carbocycles. The van der Waals surface area contributed by atoms with Crippen molar-refractivity contribution in [3.63, 3.8) is 0 Å². The van der Waals surface area contributed by atoms with Crippen LogP contribution in [0.2, 0.25) is 0 Å². The van der Waals surface area contributed by atoms with Gasteiger partial charge in [-0.15, -0.1) is 0 Å². The first kappa shape index (κ1) is 16.8. The van der Waals surface area contributed by atoms with Gasteiger partial charge in [-0.3, -0.25) is 0 Å². The van der Waals surface area contributed by atoms with Crippen molar-refractivity contribution in [2.24, 2.45) is 34.0 Å². The predicted molar refractivity (Wildman–Crippen MR) is 104 cm³/mol. The molecule has 0 amide bonds. The van der Waals surface area contributed by atoms with Crippen molar-refractivity contribution in [3.8, 4) is 0 Å². The van der Waals surface area contributed by atoms with E-state index >= 15 is 0 Å². The van der Waals surface area contributed by atoms with Gasteiger partial charge in [-0.05, 0) is 99.5 Å². The smallest absolute Gasteiger partial charge is 0.0102 e. The Morgan fingerprint density at radius 3 is 2.72 bits per heavy atom. The lowest BCUT2D eigenvalue weighted by atomic mass is 9.41. The van der Waals surface area contributed by atoms with Gasteiger partial charge in [0.05, 0.1) is 0 Å². The van der Waals surface area contributed by atoms with Gasteiger partial charge >= 0.3 is 0 Å². The molecule has 140 valence electrons. The molecule has 5 aliphatic rings. The molecule has 3 saturated carbocycles. The Labute approximate surface area is 154 Å². The number of hydrogen-bond acceptors (Lipinski definition) is 2. The fourth-order valence-corrected chi connectivity index (χ4v) is 8.98. The van der Waals surface area contributed by atoms with Crippen molar-refractivity contribution in [2.45, 2.75) is 71.3 Å². The molecule has 0 bridgehead atoms. The molecular weight excluding hydrogens is 304 g/mol. The lowest BCUT2D eigenvalue weighted by Crippen LogP contribution is -2.57. The third-order valence-electron chi connectivity index (χ3n) is 10.1. The van der Waals surface area contributed by atoms with E-state index < -0.39 is 0 Å². The molecule has 1 N–H and O–H groups in total. The number of fused-ring (bicyclic) bond motifs is 4. The summed E-state index contributed by atoms with van der Waals surface area (Å²) in [5.41, 5.74) is 3.53. The van der Waals surface area contributed by atoms with Crippen molar-refractivity contribution in [3.05, 3.63) is 11.6 Å². The average molecular weight is 343 g/mol. The zero-order valence-corrected chi connectivity index (χ0v) is 16.9. The van der Waals surface area contributed by atoms with E-state index in [-0.39, 0.29) is 0 Å². The van der Waals surface area contributed by atoms with Crippen LogP contribution in [0.3, 0.4) is 0 Å². The van der Waals surface area contributed by atoms with Gasteiger partial charge < -0.3 is 10.2 Å². The van der Waals surface area contributed by atoms with E-state index in [4.69, 9.17) is 0 Å². The molecule has 4 aliphatic carbocycles. The summed E-state index contributed by atoms with van der Waals surface area (Å²) in [5.74, 6) is 2.90. The van der Waals surface area contributed by atoms with Crippen molar-refractivity contribution in [1.29, 1.82) is 0 Å². The SMILES string of the molecule is CNC1CCC2(C)C(=CCC3(C)C2CCC24CN(C)CC2CCC34)C1. The number of rotatable bonds is 1. The topological polar surface area (TPSA) is 15.3 Å². The second-order valence-electron chi connectivity index (χ2n) is 10.9. The summed E-state index contributed by atoms with van der Waals surface area (Å²) in [7, 11) is 4.53. The summed E-state index contributed by atoms with van der Waals surface area (Å²) < 4.78 is 0. The first-order chi connectivity index (χ1) is 11.9. The molecule has 4 fully saturated rings. The minimum Gasteiger partial charge on any atom is -0.317 e. The Kier molecular flexibility index (Phi) is 3.60. The van der Waals surface area contributed by atoms with Crippen LogP contribution in [-0.2, 0) is 0 Å². The van der Waals surface area contributed by atoms with E-state index in [1.165, 1.54) is 64.5 Å². The molecule has 1 heterocycles. The molecule has 25 heavy (non-hydrogen) atoms. The van der Waals surface area contributed by atoms with Crippen LogP contribution in [0.4, 0.5) is 0 Å². The third kappa shape index (κ3) is 2.05. The molecular formula is C23H38N2. The maximum absolute atomic E-state index is 3.56. The summed E-state index contributed by atoms with van der Waals surface area (Å²) in [6.45, 7) is 8.13. The van der Waals surface area contributed by atoms with Crippen LogP contribution in [0, 0.1) is 34.0 Å². The van der Waals surface area contributed by atoms with Crippen LogP contribution < -0.4 is 5.32 Å². The first-order valence-corrected chi connectivity index (χ1v) is 11.0. The highest BCUT2D eigenvalue weighted by molar-refractivity contribution is 5.29. The van der Waals surface area contributed by atoms with Gasteiger partial charge in [0.2, 0.25) is 0 Å². The zero-order chi connectivity index (χ0) is 17.4. The van der Waals surface area contributed by atoms with Gasteiger partial charge in [0.1, 0.15) is 0 Å². The lowest BCUT2D eigenvalue weighted by Gasteiger charge is -2.63. The van der Waals surface area contributed by atoms with Crippen molar-refractivity contribution >= 4 is 0 Å². The average Bonchev–Trinajstić information content (AvgIpc) is 3.07. The van der Waals surface area contributed by atoms with E-state index in [9.17, 15) is 0 Å². The molecule has 1 saturated heterocycles. The summed E-state index contributed by atoms with van der Waals surface area (Å²) in [5, 5.41) is 3.56. The Morgan fingerprint density at radius 1 is 1.08 bits per heavy atom. The van der Waals surface area contributed by atoms with Gasteiger partial charge in [0, 0.05) is 19.1 Å². The molecule has 7 unspecified atom stereocenters. The molecule has 2 heteroatoms. The molecule has 5 rings (SSSR count). The van der Waals surface area contributed by atoms with Gasteiger partial charge in [0.25, 0.3) is 0 Å². The monoisotopic (exact) mass is 342 g/mol. The highest BCUT2D eigenvalue weighted by Crippen LogP contribution is 2.72. The third-order valence-corrected chi connectivity index (χ3v) is 10.1. The molecule has 0 radical (unpaired) electrons. The molecule has 2 nitrogen and oxygen atoms in total. The van der Waals surface area contributed by atoms with Crippen molar-refractivity contribution in [1.82, 2.24) is 10.2 Å². The normalized spacial score (nSPS) is 55.1. The number of likely N-dealkylation sites (tertiary alicyclic amines) is 1. The fourth-order valence-electron chi connectivity index (χ4n) is 8.98. The molecule has 0 aromatic rings. The molecule has 7 atom stereocenters. The van der Waals surface area contributed by atoms with Crippen LogP contribution in [0.25, 0.3) is 0 Å². The Morgan fingerprint density at radius 2 is 1.92 bits per heavy atom. The van der Waals surface area contributed by atoms with Gasteiger partial charge in [-0.25, -0.2) is 0 Å². The van der Waals surface area contributed by atoms with E-state index in [1.54, 1.807) is 0 Å². The number of nitrogens with one attached hydrogen (secondary N) is 1. The summed E-state index contributed by atoms with van der Waals surface area (Å²) in [6, 6.07) is 0.720. The fraction of sp³-hybridized carbons (Fsp3) is 0.913. The Hall–Kier alpha value is -0.340. The Balaban J connectivity index is 1.52. The number of hydrogen-bond donors (Lipinski definition) is 1. The minimum absolute atomic E-state index is 0.491. The van der Waals surface area contributed by atoms with Crippen LogP contribution in [-0.4, -0.2) is 38.1 Å². The standard InChI is InChI=1S/C23H38N2/c1-21-11-8-18(24-3)13-16(21)7-10-22(2)19(21)9-12-23-15-25(4)14-17(23)5-6-20(22)23/h7,17-20,24H,5-6,8-15H2,1-4H3. The summed E-state index contributed by atoms with van der Waals surface area (Å²) in [6.07, 6.45) is 14.2. The summed E-state index contributed by atoms with van der Waals surface area (Å²) >= 11 is 0. The maximum Gasteiger partial charge on any atom is 0.0102 e. The molecule has 0 aromatic heterocycles. The van der Waals surface area contributed by atoms with Crippen LogP contribution in [0.5, 0.6) is 0 Å². The van der Waals surface area contributed by atoms with E-state index in [0.717, 1.165) is 23.8 Å². The summed E-state index contributed by atoms with van der Waals surface area (Å²) in [4.78, 5) is 2.66. The highest BCUT2D eigenvalue weighted by atomic mass is 15.1. The largest absolute Gasteiger partial charge is 0.317 e. The van der Waals surface area contributed by atoms with Crippen LogP contribution in [0.15, 0.2) is 11.6 Å². The molecule has 1 spiro atoms. The Bertz CT molecular complexity index is 597. The lowest BCUT2D eigenvalue weighted by molar-refractivity contribution is -0.103. The highest BCUT2D eigenvalue weighted by Gasteiger charge is 2.66. The molecule has 1 aliphatic heterocycles. The van der Waals surface area contributed by atoms with Crippen molar-refractivity contribution < 1.29 is 0 Å². The minimum atomic E-state index is 0.491.